The second-order valence-electron chi connectivity index (χ2n) is 3.01. The third kappa shape index (κ3) is 1.60. The Labute approximate surface area is 81.1 Å². The van der Waals surface area contributed by atoms with Gasteiger partial charge in [0.15, 0.2) is 0 Å². The lowest BCUT2D eigenvalue weighted by Gasteiger charge is -2.26. The van der Waals surface area contributed by atoms with E-state index in [9.17, 15) is 0 Å². The van der Waals surface area contributed by atoms with E-state index in [2.05, 4.69) is 4.98 Å². The topological polar surface area (TPSA) is 81.2 Å². The largest absolute Gasteiger partial charge is 0.468 e. The lowest BCUT2D eigenvalue weighted by molar-refractivity contribution is -0.0814. The molecule has 72 valence electrons. The molecule has 0 aliphatic carbocycles. The van der Waals surface area contributed by atoms with Crippen molar-refractivity contribution >= 4 is 5.69 Å². The molecule has 0 saturated carbocycles. The third-order valence-corrected chi connectivity index (χ3v) is 1.88. The molecule has 0 bridgehead atoms. The van der Waals surface area contributed by atoms with E-state index in [0.717, 1.165) is 0 Å². The summed E-state index contributed by atoms with van der Waals surface area (Å²) < 4.78 is 10.4. The summed E-state index contributed by atoms with van der Waals surface area (Å²) in [6.45, 7) is 1.11. The van der Waals surface area contributed by atoms with Crippen LogP contribution in [0.3, 0.4) is 0 Å². The smallest absolute Gasteiger partial charge is 0.232 e. The number of nitrogens with two attached hydrogens (primary N) is 1. The van der Waals surface area contributed by atoms with E-state index in [1.165, 1.54) is 6.20 Å². The lowest BCUT2D eigenvalue weighted by Crippen LogP contribution is -2.38. The predicted molar refractivity (Wildman–Crippen MR) is 48.6 cm³/mol. The lowest BCUT2D eigenvalue weighted by atomic mass is 10.2. The van der Waals surface area contributed by atoms with E-state index in [4.69, 9.17) is 20.5 Å². The zero-order valence-electron chi connectivity index (χ0n) is 7.43. The van der Waals surface area contributed by atoms with Crippen molar-refractivity contribution in [3.8, 4) is 11.9 Å². The van der Waals surface area contributed by atoms with Crippen LogP contribution in [0.1, 0.15) is 5.56 Å². The van der Waals surface area contributed by atoms with Crippen LogP contribution in [0.15, 0.2) is 12.3 Å². The summed E-state index contributed by atoms with van der Waals surface area (Å²) >= 11 is 0. The van der Waals surface area contributed by atoms with Crippen molar-refractivity contribution in [2.75, 3.05) is 18.9 Å². The van der Waals surface area contributed by atoms with Gasteiger partial charge in [0.2, 0.25) is 5.88 Å². The summed E-state index contributed by atoms with van der Waals surface area (Å²) in [4.78, 5) is 3.95. The van der Waals surface area contributed by atoms with Crippen LogP contribution >= 0.6 is 0 Å². The Morgan fingerprint density at radius 2 is 2.43 bits per heavy atom. The van der Waals surface area contributed by atoms with Gasteiger partial charge in [0.1, 0.15) is 17.7 Å². The van der Waals surface area contributed by atoms with Gasteiger partial charge in [-0.2, -0.15) is 5.26 Å². The second-order valence-corrected chi connectivity index (χ2v) is 3.01. The number of nitriles is 1. The molecule has 1 aliphatic heterocycles. The Kier molecular flexibility index (Phi) is 2.21. The van der Waals surface area contributed by atoms with Gasteiger partial charge in [-0.25, -0.2) is 4.98 Å². The van der Waals surface area contributed by atoms with E-state index in [1.54, 1.807) is 6.07 Å². The highest BCUT2D eigenvalue weighted by molar-refractivity contribution is 5.48. The van der Waals surface area contributed by atoms with Crippen molar-refractivity contribution in [2.24, 2.45) is 0 Å². The molecule has 2 rings (SSSR count). The molecule has 1 saturated heterocycles. The first-order chi connectivity index (χ1) is 6.79. The van der Waals surface area contributed by atoms with Crippen LogP contribution in [0.4, 0.5) is 5.69 Å². The Morgan fingerprint density at radius 1 is 1.64 bits per heavy atom. The first-order valence-corrected chi connectivity index (χ1v) is 4.19. The monoisotopic (exact) mass is 191 g/mol. The van der Waals surface area contributed by atoms with Crippen LogP contribution in [0, 0.1) is 11.3 Å². The number of rotatable bonds is 2. The van der Waals surface area contributed by atoms with E-state index in [1.807, 2.05) is 6.07 Å². The SMILES string of the molecule is N#Cc1cc(N)cnc1OC1COC1. The van der Waals surface area contributed by atoms with Gasteiger partial charge in [0, 0.05) is 0 Å². The van der Waals surface area contributed by atoms with Crippen molar-refractivity contribution in [3.05, 3.63) is 17.8 Å². The van der Waals surface area contributed by atoms with E-state index in [-0.39, 0.29) is 6.10 Å². The summed E-state index contributed by atoms with van der Waals surface area (Å²) in [7, 11) is 0. The summed E-state index contributed by atoms with van der Waals surface area (Å²) in [5, 5.41) is 8.79. The minimum Gasteiger partial charge on any atom is -0.468 e. The third-order valence-electron chi connectivity index (χ3n) is 1.88. The first-order valence-electron chi connectivity index (χ1n) is 4.19. The van der Waals surface area contributed by atoms with Gasteiger partial charge >= 0.3 is 0 Å². The molecule has 0 atom stereocenters. The van der Waals surface area contributed by atoms with Crippen molar-refractivity contribution in [1.29, 1.82) is 5.26 Å². The quantitative estimate of drug-likeness (QED) is 0.727. The molecule has 1 aromatic heterocycles. The average Bonchev–Trinajstić information content (AvgIpc) is 2.13. The summed E-state index contributed by atoms with van der Waals surface area (Å²) in [5.74, 6) is 0.329. The molecular formula is C9H9N3O2. The van der Waals surface area contributed by atoms with Gasteiger partial charge in [0.25, 0.3) is 0 Å². The van der Waals surface area contributed by atoms with Gasteiger partial charge in [-0.1, -0.05) is 0 Å². The van der Waals surface area contributed by atoms with Gasteiger partial charge in [-0.3, -0.25) is 0 Å². The predicted octanol–water partition coefficient (Wildman–Crippen LogP) is 0.313. The molecule has 1 aliphatic rings. The maximum atomic E-state index is 8.79. The van der Waals surface area contributed by atoms with Crippen LogP contribution in [0.2, 0.25) is 0 Å². The molecule has 14 heavy (non-hydrogen) atoms. The minimum absolute atomic E-state index is 0.0122. The standard InChI is InChI=1S/C9H9N3O2/c10-2-6-1-7(11)3-12-9(6)14-8-4-13-5-8/h1,3,8H,4-5,11H2. The maximum absolute atomic E-state index is 8.79. The molecule has 0 aromatic carbocycles. The van der Waals surface area contributed by atoms with Crippen LogP contribution < -0.4 is 10.5 Å². The van der Waals surface area contributed by atoms with Gasteiger partial charge < -0.3 is 15.2 Å². The van der Waals surface area contributed by atoms with Crippen molar-refractivity contribution in [2.45, 2.75) is 6.10 Å². The highest BCUT2D eigenvalue weighted by Crippen LogP contribution is 2.19. The van der Waals surface area contributed by atoms with Crippen LogP contribution in [0.5, 0.6) is 5.88 Å². The average molecular weight is 191 g/mol. The van der Waals surface area contributed by atoms with Gasteiger partial charge in [0.05, 0.1) is 25.1 Å². The summed E-state index contributed by atoms with van der Waals surface area (Å²) in [6.07, 6.45) is 1.48. The highest BCUT2D eigenvalue weighted by atomic mass is 16.6. The van der Waals surface area contributed by atoms with Crippen LogP contribution in [0.25, 0.3) is 0 Å². The van der Waals surface area contributed by atoms with Crippen LogP contribution in [-0.4, -0.2) is 24.3 Å². The Balaban J connectivity index is 2.19. The number of nitrogen functional groups attached to an aromatic ring is 1. The molecular weight excluding hydrogens is 182 g/mol. The van der Waals surface area contributed by atoms with Crippen molar-refractivity contribution in [1.82, 2.24) is 4.98 Å². The number of anilines is 1. The van der Waals surface area contributed by atoms with Gasteiger partial charge in [-0.15, -0.1) is 0 Å². The molecule has 0 radical (unpaired) electrons. The second kappa shape index (κ2) is 3.52. The Morgan fingerprint density at radius 3 is 3.00 bits per heavy atom. The number of nitrogens with zero attached hydrogens (tertiary/aromatic N) is 2. The first kappa shape index (κ1) is 8.78. The molecule has 1 fully saturated rings. The van der Waals surface area contributed by atoms with E-state index in [0.29, 0.717) is 30.3 Å². The van der Waals surface area contributed by atoms with E-state index < -0.39 is 0 Å². The highest BCUT2D eigenvalue weighted by Gasteiger charge is 2.22. The molecule has 2 heterocycles. The number of aromatic nitrogens is 1. The molecule has 0 amide bonds. The summed E-state index contributed by atoms with van der Waals surface area (Å²) in [5.41, 5.74) is 6.30. The zero-order chi connectivity index (χ0) is 9.97. The normalized spacial score (nSPS) is 15.6. The molecule has 0 unspecified atom stereocenters. The molecule has 5 nitrogen and oxygen atoms in total. The van der Waals surface area contributed by atoms with Crippen LogP contribution in [-0.2, 0) is 4.74 Å². The fourth-order valence-corrected chi connectivity index (χ4v) is 1.08. The van der Waals surface area contributed by atoms with Crippen molar-refractivity contribution < 1.29 is 9.47 Å². The Hall–Kier alpha value is -1.80. The van der Waals surface area contributed by atoms with Crippen molar-refractivity contribution in [3.63, 3.8) is 0 Å². The fourth-order valence-electron chi connectivity index (χ4n) is 1.08. The van der Waals surface area contributed by atoms with E-state index >= 15 is 0 Å². The Bertz CT molecular complexity index is 382. The molecule has 5 heteroatoms. The fraction of sp³-hybridized carbons (Fsp3) is 0.333. The number of hydrogen-bond donors (Lipinski definition) is 1. The molecule has 1 aromatic rings. The number of hydrogen-bond acceptors (Lipinski definition) is 5. The minimum atomic E-state index is 0.0122. The molecule has 0 spiro atoms. The maximum Gasteiger partial charge on any atom is 0.232 e. The number of pyridine rings is 1. The zero-order valence-corrected chi connectivity index (χ0v) is 7.43. The van der Waals surface area contributed by atoms with Gasteiger partial charge in [-0.05, 0) is 6.07 Å². The molecule has 2 N–H and O–H groups in total. The summed E-state index contributed by atoms with van der Waals surface area (Å²) in [6, 6.07) is 3.53. The number of ether oxygens (including phenoxy) is 2.